The molecule has 1 aromatic rings. The van der Waals surface area contributed by atoms with Crippen LogP contribution in [0.1, 0.15) is 37.2 Å². The Hall–Kier alpha value is -0.890. The van der Waals surface area contributed by atoms with E-state index < -0.39 is 0 Å². The highest BCUT2D eigenvalue weighted by Gasteiger charge is 2.22. The second kappa shape index (κ2) is 6.89. The fourth-order valence-electron chi connectivity index (χ4n) is 2.44. The average Bonchev–Trinajstić information content (AvgIpc) is 2.92. The summed E-state index contributed by atoms with van der Waals surface area (Å²) in [5.74, 6) is 2.72. The van der Waals surface area contributed by atoms with Gasteiger partial charge in [0.2, 0.25) is 0 Å². The molecule has 0 bridgehead atoms. The van der Waals surface area contributed by atoms with Crippen molar-refractivity contribution < 1.29 is 0 Å². The summed E-state index contributed by atoms with van der Waals surface area (Å²) in [5, 5.41) is 7.00. The van der Waals surface area contributed by atoms with Crippen LogP contribution in [0.15, 0.2) is 11.6 Å². The van der Waals surface area contributed by atoms with Crippen LogP contribution in [-0.4, -0.2) is 35.6 Å². The first-order valence-corrected chi connectivity index (χ1v) is 7.52. The number of likely N-dealkylation sites (tertiary alicyclic amines) is 1. The Kier molecular flexibility index (Phi) is 5.18. The summed E-state index contributed by atoms with van der Waals surface area (Å²) < 4.78 is 0. The SMILES string of the molecule is C#CCN1CCC(NC(CC)c2nccs2)CC1. The van der Waals surface area contributed by atoms with Crippen LogP contribution >= 0.6 is 11.3 Å². The van der Waals surface area contributed by atoms with Gasteiger partial charge in [0.25, 0.3) is 0 Å². The van der Waals surface area contributed by atoms with Gasteiger partial charge < -0.3 is 5.32 Å². The van der Waals surface area contributed by atoms with Gasteiger partial charge in [-0.25, -0.2) is 4.98 Å². The maximum Gasteiger partial charge on any atom is 0.109 e. The molecule has 1 unspecified atom stereocenters. The lowest BCUT2D eigenvalue weighted by atomic mass is 10.0. The van der Waals surface area contributed by atoms with Crippen molar-refractivity contribution in [3.63, 3.8) is 0 Å². The van der Waals surface area contributed by atoms with Crippen LogP contribution in [0.2, 0.25) is 0 Å². The Balaban J connectivity index is 1.82. The molecule has 1 fully saturated rings. The van der Waals surface area contributed by atoms with E-state index in [0.717, 1.165) is 26.1 Å². The maximum atomic E-state index is 5.35. The molecule has 2 heterocycles. The fraction of sp³-hybridized carbons (Fsp3) is 0.643. The molecule has 4 heteroatoms. The summed E-state index contributed by atoms with van der Waals surface area (Å²) in [7, 11) is 0. The molecule has 1 aliphatic rings. The molecule has 1 saturated heterocycles. The van der Waals surface area contributed by atoms with E-state index in [4.69, 9.17) is 6.42 Å². The number of nitrogens with one attached hydrogen (secondary N) is 1. The van der Waals surface area contributed by atoms with Crippen molar-refractivity contribution >= 4 is 11.3 Å². The molecular weight excluding hydrogens is 242 g/mol. The summed E-state index contributed by atoms with van der Waals surface area (Å²) in [4.78, 5) is 6.77. The van der Waals surface area contributed by atoms with Crippen LogP contribution in [0.4, 0.5) is 0 Å². The maximum absolute atomic E-state index is 5.35. The zero-order chi connectivity index (χ0) is 12.8. The van der Waals surface area contributed by atoms with Crippen molar-refractivity contribution in [3.8, 4) is 12.3 Å². The second-order valence-electron chi connectivity index (χ2n) is 4.75. The third kappa shape index (κ3) is 3.55. The number of nitrogens with zero attached hydrogens (tertiary/aromatic N) is 2. The van der Waals surface area contributed by atoms with Gasteiger partial charge in [-0.2, -0.15) is 0 Å². The molecule has 0 aromatic carbocycles. The third-order valence-electron chi connectivity index (χ3n) is 3.50. The van der Waals surface area contributed by atoms with Crippen LogP contribution < -0.4 is 5.32 Å². The first kappa shape index (κ1) is 13.5. The minimum Gasteiger partial charge on any atom is -0.305 e. The molecule has 98 valence electrons. The number of piperidine rings is 1. The molecule has 1 aliphatic heterocycles. The summed E-state index contributed by atoms with van der Waals surface area (Å²) in [6.45, 7) is 5.22. The van der Waals surface area contributed by atoms with Crippen LogP contribution in [0.3, 0.4) is 0 Å². The number of aromatic nitrogens is 1. The largest absolute Gasteiger partial charge is 0.305 e. The minimum atomic E-state index is 0.411. The standard InChI is InChI=1S/C14H21N3S/c1-3-8-17-9-5-12(6-10-17)16-13(4-2)14-15-7-11-18-14/h1,7,11-13,16H,4-6,8-10H2,2H3. The molecule has 2 rings (SSSR count). The van der Waals surface area contributed by atoms with Gasteiger partial charge in [-0.1, -0.05) is 12.8 Å². The molecule has 0 radical (unpaired) electrons. The Morgan fingerprint density at radius 3 is 2.94 bits per heavy atom. The van der Waals surface area contributed by atoms with Gasteiger partial charge in [-0.05, 0) is 19.3 Å². The first-order chi connectivity index (χ1) is 8.83. The van der Waals surface area contributed by atoms with Gasteiger partial charge in [-0.3, -0.25) is 4.90 Å². The molecule has 0 spiro atoms. The molecule has 0 saturated carbocycles. The second-order valence-corrected chi connectivity index (χ2v) is 5.68. The summed E-state index contributed by atoms with van der Waals surface area (Å²) in [6, 6.07) is 1.02. The van der Waals surface area contributed by atoms with Crippen molar-refractivity contribution in [1.29, 1.82) is 0 Å². The first-order valence-electron chi connectivity index (χ1n) is 6.64. The highest BCUT2D eigenvalue weighted by atomic mass is 32.1. The smallest absolute Gasteiger partial charge is 0.109 e. The van der Waals surface area contributed by atoms with Crippen LogP contribution in [0.25, 0.3) is 0 Å². The number of hydrogen-bond donors (Lipinski definition) is 1. The monoisotopic (exact) mass is 263 g/mol. The molecule has 1 N–H and O–H groups in total. The van der Waals surface area contributed by atoms with Gasteiger partial charge in [0.1, 0.15) is 5.01 Å². The lowest BCUT2D eigenvalue weighted by Crippen LogP contribution is -2.43. The number of hydrogen-bond acceptors (Lipinski definition) is 4. The van der Waals surface area contributed by atoms with E-state index in [-0.39, 0.29) is 0 Å². The van der Waals surface area contributed by atoms with Crippen LogP contribution in [-0.2, 0) is 0 Å². The van der Waals surface area contributed by atoms with Crippen molar-refractivity contribution in [2.45, 2.75) is 38.3 Å². The zero-order valence-electron chi connectivity index (χ0n) is 10.9. The van der Waals surface area contributed by atoms with Crippen LogP contribution in [0.5, 0.6) is 0 Å². The van der Waals surface area contributed by atoms with Gasteiger partial charge in [0.05, 0.1) is 12.6 Å². The lowest BCUT2D eigenvalue weighted by Gasteiger charge is -2.33. The van der Waals surface area contributed by atoms with E-state index in [1.807, 2.05) is 6.20 Å². The molecular formula is C14H21N3S. The lowest BCUT2D eigenvalue weighted by molar-refractivity contribution is 0.208. The van der Waals surface area contributed by atoms with Crippen molar-refractivity contribution in [3.05, 3.63) is 16.6 Å². The Morgan fingerprint density at radius 1 is 1.61 bits per heavy atom. The summed E-state index contributed by atoms with van der Waals surface area (Å²) >= 11 is 1.74. The molecule has 0 aliphatic carbocycles. The normalized spacial score (nSPS) is 19.6. The van der Waals surface area contributed by atoms with Crippen molar-refractivity contribution in [2.75, 3.05) is 19.6 Å². The molecule has 1 aromatic heterocycles. The topological polar surface area (TPSA) is 28.2 Å². The number of terminal acetylenes is 1. The van der Waals surface area contributed by atoms with E-state index >= 15 is 0 Å². The Morgan fingerprint density at radius 2 is 2.39 bits per heavy atom. The Bertz CT molecular complexity index is 374. The highest BCUT2D eigenvalue weighted by molar-refractivity contribution is 7.09. The van der Waals surface area contributed by atoms with Gasteiger partial charge in [0.15, 0.2) is 0 Å². The summed E-state index contributed by atoms with van der Waals surface area (Å²) in [6.07, 6.45) is 10.7. The predicted molar refractivity (Wildman–Crippen MR) is 76.6 cm³/mol. The molecule has 18 heavy (non-hydrogen) atoms. The summed E-state index contributed by atoms with van der Waals surface area (Å²) in [5.41, 5.74) is 0. The molecule has 1 atom stereocenters. The van der Waals surface area contributed by atoms with E-state index in [1.54, 1.807) is 11.3 Å². The van der Waals surface area contributed by atoms with Crippen LogP contribution in [0, 0.1) is 12.3 Å². The van der Waals surface area contributed by atoms with Gasteiger partial charge >= 0.3 is 0 Å². The van der Waals surface area contributed by atoms with Crippen molar-refractivity contribution in [1.82, 2.24) is 15.2 Å². The van der Waals surface area contributed by atoms with Gasteiger partial charge in [0, 0.05) is 30.7 Å². The van der Waals surface area contributed by atoms with E-state index in [0.29, 0.717) is 12.1 Å². The fourth-order valence-corrected chi connectivity index (χ4v) is 3.22. The number of thiazole rings is 1. The van der Waals surface area contributed by atoms with E-state index in [1.165, 1.54) is 17.8 Å². The highest BCUT2D eigenvalue weighted by Crippen LogP contribution is 2.21. The van der Waals surface area contributed by atoms with Crippen molar-refractivity contribution in [2.24, 2.45) is 0 Å². The predicted octanol–water partition coefficient (Wildman–Crippen LogP) is 2.28. The van der Waals surface area contributed by atoms with Gasteiger partial charge in [-0.15, -0.1) is 17.8 Å². The minimum absolute atomic E-state index is 0.411. The van der Waals surface area contributed by atoms with E-state index in [2.05, 4.69) is 33.4 Å². The Labute approximate surface area is 114 Å². The zero-order valence-corrected chi connectivity index (χ0v) is 11.7. The molecule has 0 amide bonds. The average molecular weight is 263 g/mol. The quantitative estimate of drug-likeness (QED) is 0.826. The molecule has 3 nitrogen and oxygen atoms in total. The van der Waals surface area contributed by atoms with E-state index in [9.17, 15) is 0 Å². The number of rotatable bonds is 5. The third-order valence-corrected chi connectivity index (χ3v) is 4.39.